The largest absolute Gasteiger partial charge is 0.497 e. The lowest BCUT2D eigenvalue weighted by Gasteiger charge is -2.17. The van der Waals surface area contributed by atoms with Crippen molar-refractivity contribution in [3.8, 4) is 5.75 Å². The van der Waals surface area contributed by atoms with Gasteiger partial charge in [0.05, 0.1) is 12.0 Å². The molecule has 1 N–H and O–H groups in total. The van der Waals surface area contributed by atoms with Gasteiger partial charge in [-0.05, 0) is 42.0 Å². The van der Waals surface area contributed by atoms with E-state index in [4.69, 9.17) is 21.1 Å². The highest BCUT2D eigenvalue weighted by Crippen LogP contribution is 2.26. The van der Waals surface area contributed by atoms with Crippen molar-refractivity contribution >= 4 is 40.9 Å². The molecule has 1 amide bonds. The number of halogens is 1. The lowest BCUT2D eigenvalue weighted by molar-refractivity contribution is -0.384. The van der Waals surface area contributed by atoms with Gasteiger partial charge in [0.25, 0.3) is 11.6 Å². The van der Waals surface area contributed by atoms with Crippen LogP contribution in [0.1, 0.15) is 17.2 Å². The van der Waals surface area contributed by atoms with E-state index in [1.54, 1.807) is 54.6 Å². The summed E-state index contributed by atoms with van der Waals surface area (Å²) in [5.74, 6) is -0.715. The Balaban J connectivity index is 1.76. The number of ether oxygens (including phenoxy) is 2. The number of hydrogen-bond donors (Lipinski definition) is 1. The minimum atomic E-state index is -1.22. The Morgan fingerprint density at radius 3 is 2.39 bits per heavy atom. The number of carbonyl (C=O) groups excluding carboxylic acids is 2. The van der Waals surface area contributed by atoms with Crippen molar-refractivity contribution < 1.29 is 24.0 Å². The first kappa shape index (κ1) is 23.5. The van der Waals surface area contributed by atoms with Gasteiger partial charge in [0.1, 0.15) is 10.8 Å². The highest BCUT2D eigenvalue weighted by Gasteiger charge is 2.24. The van der Waals surface area contributed by atoms with Crippen LogP contribution in [0.4, 0.5) is 11.4 Å². The molecule has 0 radical (unpaired) electrons. The van der Waals surface area contributed by atoms with Crippen molar-refractivity contribution in [2.45, 2.75) is 6.10 Å². The van der Waals surface area contributed by atoms with Gasteiger partial charge in [0.2, 0.25) is 6.10 Å². The Morgan fingerprint density at radius 2 is 1.76 bits per heavy atom. The maximum Gasteiger partial charge on any atom is 0.331 e. The molecule has 0 spiro atoms. The van der Waals surface area contributed by atoms with Crippen LogP contribution >= 0.6 is 11.6 Å². The third kappa shape index (κ3) is 6.41. The van der Waals surface area contributed by atoms with E-state index in [2.05, 4.69) is 5.32 Å². The first-order valence-corrected chi connectivity index (χ1v) is 10.1. The van der Waals surface area contributed by atoms with Gasteiger partial charge >= 0.3 is 5.97 Å². The number of carbonyl (C=O) groups is 2. The predicted octanol–water partition coefficient (Wildman–Crippen LogP) is 5.19. The molecule has 1 unspecified atom stereocenters. The maximum absolute atomic E-state index is 12.9. The van der Waals surface area contributed by atoms with Gasteiger partial charge in [-0.15, -0.1) is 0 Å². The molecular formula is C24H19ClN2O6. The summed E-state index contributed by atoms with van der Waals surface area (Å²) in [7, 11) is 1.54. The molecule has 8 nitrogen and oxygen atoms in total. The molecule has 0 aromatic heterocycles. The summed E-state index contributed by atoms with van der Waals surface area (Å²) in [6.45, 7) is 0. The zero-order valence-corrected chi connectivity index (χ0v) is 18.2. The van der Waals surface area contributed by atoms with E-state index in [0.29, 0.717) is 22.6 Å². The van der Waals surface area contributed by atoms with Gasteiger partial charge in [-0.25, -0.2) is 4.79 Å². The number of amides is 1. The van der Waals surface area contributed by atoms with E-state index < -0.39 is 22.9 Å². The van der Waals surface area contributed by atoms with Crippen LogP contribution in [-0.4, -0.2) is 23.9 Å². The first-order chi connectivity index (χ1) is 15.9. The molecule has 33 heavy (non-hydrogen) atoms. The quantitative estimate of drug-likeness (QED) is 0.212. The summed E-state index contributed by atoms with van der Waals surface area (Å²) in [5, 5.41) is 13.7. The van der Waals surface area contributed by atoms with Gasteiger partial charge < -0.3 is 14.8 Å². The van der Waals surface area contributed by atoms with E-state index in [1.807, 2.05) is 0 Å². The Hall–Kier alpha value is -4.17. The molecule has 0 heterocycles. The van der Waals surface area contributed by atoms with Crippen LogP contribution in [-0.2, 0) is 14.3 Å². The third-order valence-corrected chi connectivity index (χ3v) is 4.83. The second-order valence-corrected chi connectivity index (χ2v) is 7.15. The molecule has 0 bridgehead atoms. The minimum Gasteiger partial charge on any atom is -0.497 e. The van der Waals surface area contributed by atoms with E-state index in [-0.39, 0.29) is 10.7 Å². The van der Waals surface area contributed by atoms with E-state index in [1.165, 1.54) is 31.4 Å². The Kier molecular flexibility index (Phi) is 7.77. The fourth-order valence-corrected chi connectivity index (χ4v) is 3.06. The monoisotopic (exact) mass is 466 g/mol. The molecule has 0 aliphatic rings. The molecular weight excluding hydrogens is 448 g/mol. The minimum absolute atomic E-state index is 0.0147. The lowest BCUT2D eigenvalue weighted by atomic mass is 10.1. The molecule has 3 rings (SSSR count). The number of rotatable bonds is 8. The predicted molar refractivity (Wildman–Crippen MR) is 124 cm³/mol. The zero-order valence-electron chi connectivity index (χ0n) is 17.4. The molecule has 3 aromatic carbocycles. The van der Waals surface area contributed by atoms with Crippen molar-refractivity contribution in [3.05, 3.63) is 105 Å². The summed E-state index contributed by atoms with van der Waals surface area (Å²) in [5.41, 5.74) is 1.07. The molecule has 0 aliphatic carbocycles. The number of nitro benzene ring substituents is 1. The Morgan fingerprint density at radius 1 is 1.06 bits per heavy atom. The second kappa shape index (κ2) is 10.9. The molecule has 1 atom stereocenters. The number of nitro groups is 1. The van der Waals surface area contributed by atoms with Crippen LogP contribution in [0.3, 0.4) is 0 Å². The number of methoxy groups -OCH3 is 1. The number of benzene rings is 3. The Bertz CT molecular complexity index is 1180. The van der Waals surface area contributed by atoms with Crippen molar-refractivity contribution in [1.82, 2.24) is 0 Å². The highest BCUT2D eigenvalue weighted by atomic mass is 35.5. The summed E-state index contributed by atoms with van der Waals surface area (Å²) in [6.07, 6.45) is 1.21. The van der Waals surface area contributed by atoms with Gasteiger partial charge in [-0.1, -0.05) is 48.0 Å². The van der Waals surface area contributed by atoms with E-state index >= 15 is 0 Å². The van der Waals surface area contributed by atoms with Crippen molar-refractivity contribution in [3.63, 3.8) is 0 Å². The lowest BCUT2D eigenvalue weighted by Crippen LogP contribution is -2.25. The van der Waals surface area contributed by atoms with Gasteiger partial charge in [0, 0.05) is 23.4 Å². The molecule has 9 heteroatoms. The molecule has 168 valence electrons. The maximum atomic E-state index is 12.9. The van der Waals surface area contributed by atoms with Crippen LogP contribution < -0.4 is 10.1 Å². The number of nitrogens with one attached hydrogen (secondary N) is 1. The number of nitrogens with zero attached hydrogens (tertiary/aromatic N) is 1. The number of anilines is 1. The van der Waals surface area contributed by atoms with Crippen LogP contribution in [0.15, 0.2) is 78.9 Å². The van der Waals surface area contributed by atoms with E-state index in [0.717, 1.165) is 6.08 Å². The summed E-state index contributed by atoms with van der Waals surface area (Å²) < 4.78 is 10.5. The average Bonchev–Trinajstić information content (AvgIpc) is 2.82. The second-order valence-electron chi connectivity index (χ2n) is 6.75. The smallest absolute Gasteiger partial charge is 0.331 e. The molecule has 0 aliphatic heterocycles. The van der Waals surface area contributed by atoms with E-state index in [9.17, 15) is 19.7 Å². The SMILES string of the molecule is COc1ccc(NC(=O)C(OC(=O)/C=C/c2ccc(Cl)c([N+](=O)[O-])c2)c2ccccc2)cc1. The third-order valence-electron chi connectivity index (χ3n) is 4.51. The topological polar surface area (TPSA) is 108 Å². The summed E-state index contributed by atoms with van der Waals surface area (Å²) in [4.78, 5) is 35.8. The molecule has 0 saturated heterocycles. The standard InChI is InChI=1S/C24H19ClN2O6/c1-32-19-11-9-18(10-12-19)26-24(29)23(17-5-3-2-4-6-17)33-22(28)14-8-16-7-13-20(25)21(15-16)27(30)31/h2-15,23H,1H3,(H,26,29)/b14-8+. The first-order valence-electron chi connectivity index (χ1n) is 9.70. The van der Waals surface area contributed by atoms with Crippen LogP contribution in [0.2, 0.25) is 5.02 Å². The number of hydrogen-bond acceptors (Lipinski definition) is 6. The molecule has 3 aromatic rings. The fraction of sp³-hybridized carbons (Fsp3) is 0.0833. The van der Waals surface area contributed by atoms with Gasteiger partial charge in [-0.2, -0.15) is 0 Å². The van der Waals surface area contributed by atoms with Crippen molar-refractivity contribution in [1.29, 1.82) is 0 Å². The number of esters is 1. The van der Waals surface area contributed by atoms with Crippen molar-refractivity contribution in [2.24, 2.45) is 0 Å². The van der Waals surface area contributed by atoms with Gasteiger partial charge in [0.15, 0.2) is 0 Å². The van der Waals surface area contributed by atoms with Crippen LogP contribution in [0.5, 0.6) is 5.75 Å². The molecule has 0 fully saturated rings. The Labute approximate surface area is 194 Å². The normalized spacial score (nSPS) is 11.6. The zero-order chi connectivity index (χ0) is 23.8. The van der Waals surface area contributed by atoms with Crippen LogP contribution in [0, 0.1) is 10.1 Å². The summed E-state index contributed by atoms with van der Waals surface area (Å²) >= 11 is 5.80. The summed E-state index contributed by atoms with van der Waals surface area (Å²) in [6, 6.07) is 19.4. The molecule has 0 saturated carbocycles. The fourth-order valence-electron chi connectivity index (χ4n) is 2.88. The van der Waals surface area contributed by atoms with Gasteiger partial charge in [-0.3, -0.25) is 14.9 Å². The average molecular weight is 467 g/mol. The highest BCUT2D eigenvalue weighted by molar-refractivity contribution is 6.32. The van der Waals surface area contributed by atoms with Crippen molar-refractivity contribution in [2.75, 3.05) is 12.4 Å². The van der Waals surface area contributed by atoms with Crippen LogP contribution in [0.25, 0.3) is 6.08 Å².